The molecule has 0 aliphatic rings. The first-order valence-corrected chi connectivity index (χ1v) is 9.09. The Morgan fingerprint density at radius 1 is 1.38 bits per heavy atom. The van der Waals surface area contributed by atoms with Gasteiger partial charge in [0.1, 0.15) is 10.7 Å². The first-order chi connectivity index (χ1) is 9.94. The molecule has 21 heavy (non-hydrogen) atoms. The van der Waals surface area contributed by atoms with Crippen LogP contribution in [-0.4, -0.2) is 20.4 Å². The van der Waals surface area contributed by atoms with Crippen LogP contribution >= 0.6 is 27.3 Å². The molecular weight excluding hydrogens is 381 g/mol. The van der Waals surface area contributed by atoms with E-state index in [4.69, 9.17) is 0 Å². The Balaban J connectivity index is 2.30. The molecule has 0 atom stereocenters. The second kappa shape index (κ2) is 6.93. The summed E-state index contributed by atoms with van der Waals surface area (Å²) < 4.78 is 41.7. The predicted octanol–water partition coefficient (Wildman–Crippen LogP) is 2.24. The molecule has 0 saturated heterocycles. The van der Waals surface area contributed by atoms with E-state index in [0.717, 1.165) is 4.88 Å². The highest BCUT2D eigenvalue weighted by molar-refractivity contribution is 9.10. The minimum atomic E-state index is -3.93. The molecule has 0 fully saturated rings. The Morgan fingerprint density at radius 2 is 2.14 bits per heavy atom. The third-order valence-electron chi connectivity index (χ3n) is 2.66. The van der Waals surface area contributed by atoms with Gasteiger partial charge in [0.05, 0.1) is 5.51 Å². The van der Waals surface area contributed by atoms with E-state index >= 15 is 0 Å². The average molecular weight is 394 g/mol. The molecule has 0 aliphatic carbocycles. The maximum atomic E-state index is 14.3. The Morgan fingerprint density at radius 3 is 2.76 bits per heavy atom. The van der Waals surface area contributed by atoms with Crippen molar-refractivity contribution in [2.45, 2.75) is 18.0 Å². The fraction of sp³-hybridized carbons (Fsp3) is 0.250. The van der Waals surface area contributed by atoms with E-state index in [0.29, 0.717) is 4.47 Å². The van der Waals surface area contributed by atoms with Crippen LogP contribution in [0.15, 0.2) is 33.2 Å². The van der Waals surface area contributed by atoms with E-state index in [1.807, 2.05) is 0 Å². The number of benzene rings is 1. The van der Waals surface area contributed by atoms with Gasteiger partial charge >= 0.3 is 0 Å². The molecule has 1 aromatic carbocycles. The largest absolute Gasteiger partial charge is 0.316 e. The van der Waals surface area contributed by atoms with Gasteiger partial charge < -0.3 is 5.32 Å². The number of nitrogens with one attached hydrogen (secondary N) is 2. The normalized spacial score (nSPS) is 11.8. The summed E-state index contributed by atoms with van der Waals surface area (Å²) in [7, 11) is -2.27. The van der Waals surface area contributed by atoms with Crippen molar-refractivity contribution in [1.29, 1.82) is 0 Å². The standard InChI is InChI=1S/C12H13BrFN3O2S2/c1-15-4-8-2-9(13)3-11(12(8)14)21(18,19)17-6-10-5-16-7-20-10/h2-3,5,7,15,17H,4,6H2,1H3. The van der Waals surface area contributed by atoms with E-state index < -0.39 is 15.8 Å². The molecule has 1 aromatic heterocycles. The number of hydrogen-bond donors (Lipinski definition) is 2. The number of rotatable bonds is 6. The second-order valence-corrected chi connectivity index (χ2v) is 7.82. The lowest BCUT2D eigenvalue weighted by molar-refractivity contribution is 0.545. The van der Waals surface area contributed by atoms with Crippen molar-refractivity contribution in [3.05, 3.63) is 44.6 Å². The molecule has 5 nitrogen and oxygen atoms in total. The summed E-state index contributed by atoms with van der Waals surface area (Å²) in [6, 6.07) is 2.80. The number of hydrogen-bond acceptors (Lipinski definition) is 5. The van der Waals surface area contributed by atoms with Crippen molar-refractivity contribution < 1.29 is 12.8 Å². The SMILES string of the molecule is CNCc1cc(Br)cc(S(=O)(=O)NCc2cncs2)c1F. The van der Waals surface area contributed by atoms with Crippen LogP contribution in [0.3, 0.4) is 0 Å². The van der Waals surface area contributed by atoms with Crippen LogP contribution in [0, 0.1) is 5.82 Å². The predicted molar refractivity (Wildman–Crippen MR) is 83.0 cm³/mol. The molecule has 0 radical (unpaired) electrons. The van der Waals surface area contributed by atoms with Gasteiger partial charge in [-0.1, -0.05) is 15.9 Å². The number of aromatic nitrogens is 1. The van der Waals surface area contributed by atoms with Gasteiger partial charge in [-0.25, -0.2) is 17.5 Å². The van der Waals surface area contributed by atoms with Crippen LogP contribution < -0.4 is 10.0 Å². The summed E-state index contributed by atoms with van der Waals surface area (Å²) in [6.45, 7) is 0.322. The molecule has 2 aromatic rings. The third-order valence-corrected chi connectivity index (χ3v) is 5.29. The van der Waals surface area contributed by atoms with Crippen LogP contribution in [-0.2, 0) is 23.1 Å². The summed E-state index contributed by atoms with van der Waals surface area (Å²) in [6.07, 6.45) is 1.57. The van der Waals surface area contributed by atoms with Gasteiger partial charge in [-0.15, -0.1) is 11.3 Å². The van der Waals surface area contributed by atoms with Crippen LogP contribution in [0.2, 0.25) is 0 Å². The quantitative estimate of drug-likeness (QED) is 0.789. The number of thiazole rings is 1. The van der Waals surface area contributed by atoms with Crippen LogP contribution in [0.5, 0.6) is 0 Å². The van der Waals surface area contributed by atoms with Crippen molar-refractivity contribution in [3.63, 3.8) is 0 Å². The summed E-state index contributed by atoms with van der Waals surface area (Å²) in [4.78, 5) is 4.24. The molecule has 9 heteroatoms. The topological polar surface area (TPSA) is 71.1 Å². The highest BCUT2D eigenvalue weighted by Gasteiger charge is 2.22. The molecule has 0 amide bonds. The summed E-state index contributed by atoms with van der Waals surface area (Å²) in [5.74, 6) is -0.746. The summed E-state index contributed by atoms with van der Waals surface area (Å²) in [5, 5.41) is 2.80. The highest BCUT2D eigenvalue weighted by atomic mass is 79.9. The van der Waals surface area contributed by atoms with E-state index in [1.54, 1.807) is 24.8 Å². The molecule has 0 unspecified atom stereocenters. The monoisotopic (exact) mass is 393 g/mol. The molecule has 1 heterocycles. The van der Waals surface area contributed by atoms with Crippen LogP contribution in [0.25, 0.3) is 0 Å². The van der Waals surface area contributed by atoms with Gasteiger partial charge in [0.15, 0.2) is 0 Å². The van der Waals surface area contributed by atoms with Crippen molar-refractivity contribution in [3.8, 4) is 0 Å². The van der Waals surface area contributed by atoms with Crippen molar-refractivity contribution in [2.24, 2.45) is 0 Å². The molecule has 0 aliphatic heterocycles. The minimum Gasteiger partial charge on any atom is -0.316 e. The first-order valence-electron chi connectivity index (χ1n) is 5.93. The van der Waals surface area contributed by atoms with E-state index in [2.05, 4.69) is 31.0 Å². The highest BCUT2D eigenvalue weighted by Crippen LogP contribution is 2.24. The van der Waals surface area contributed by atoms with Gasteiger partial charge in [0.25, 0.3) is 0 Å². The third kappa shape index (κ3) is 4.07. The molecule has 2 rings (SSSR count). The molecular formula is C12H13BrFN3O2S2. The van der Waals surface area contributed by atoms with Gasteiger partial charge in [0.2, 0.25) is 10.0 Å². The van der Waals surface area contributed by atoms with Crippen LogP contribution in [0.1, 0.15) is 10.4 Å². The molecule has 114 valence electrons. The first kappa shape index (κ1) is 16.5. The number of halogens is 2. The Labute approximate surface area is 134 Å². The second-order valence-electron chi connectivity index (χ2n) is 4.20. The lowest BCUT2D eigenvalue weighted by Gasteiger charge is -2.11. The van der Waals surface area contributed by atoms with Gasteiger partial charge in [-0.3, -0.25) is 4.98 Å². The smallest absolute Gasteiger partial charge is 0.243 e. The zero-order chi connectivity index (χ0) is 15.5. The summed E-state index contributed by atoms with van der Waals surface area (Å²) >= 11 is 4.53. The minimum absolute atomic E-state index is 0.0836. The zero-order valence-electron chi connectivity index (χ0n) is 11.1. The van der Waals surface area contributed by atoms with E-state index in [1.165, 1.54) is 17.4 Å². The molecule has 0 saturated carbocycles. The number of nitrogens with zero attached hydrogens (tertiary/aromatic N) is 1. The maximum Gasteiger partial charge on any atom is 0.243 e. The van der Waals surface area contributed by atoms with Crippen LogP contribution in [0.4, 0.5) is 4.39 Å². The van der Waals surface area contributed by atoms with Gasteiger partial charge in [-0.05, 0) is 19.2 Å². The van der Waals surface area contributed by atoms with E-state index in [-0.39, 0.29) is 23.5 Å². The molecule has 0 spiro atoms. The molecule has 0 bridgehead atoms. The fourth-order valence-electron chi connectivity index (χ4n) is 1.71. The Bertz CT molecular complexity index is 720. The summed E-state index contributed by atoms with van der Waals surface area (Å²) in [5.41, 5.74) is 1.89. The van der Waals surface area contributed by atoms with Crippen molar-refractivity contribution in [2.75, 3.05) is 7.05 Å². The molecule has 2 N–H and O–H groups in total. The number of sulfonamides is 1. The maximum absolute atomic E-state index is 14.3. The van der Waals surface area contributed by atoms with Crippen molar-refractivity contribution in [1.82, 2.24) is 15.0 Å². The Kier molecular flexibility index (Phi) is 5.44. The average Bonchev–Trinajstić information content (AvgIpc) is 2.94. The zero-order valence-corrected chi connectivity index (χ0v) is 14.3. The van der Waals surface area contributed by atoms with Crippen molar-refractivity contribution >= 4 is 37.3 Å². The fourth-order valence-corrected chi connectivity index (χ4v) is 4.14. The van der Waals surface area contributed by atoms with E-state index in [9.17, 15) is 12.8 Å². The van der Waals surface area contributed by atoms with Gasteiger partial charge in [-0.2, -0.15) is 0 Å². The lowest BCUT2D eigenvalue weighted by atomic mass is 10.2. The Hall–Kier alpha value is -0.870. The van der Waals surface area contributed by atoms with Gasteiger partial charge in [0, 0.05) is 34.2 Å². The lowest BCUT2D eigenvalue weighted by Crippen LogP contribution is -2.24.